The summed E-state index contributed by atoms with van der Waals surface area (Å²) in [6.45, 7) is 1.86. The molecule has 7 heteroatoms. The Hall–Kier alpha value is -1.05. The Balaban J connectivity index is 2.03. The van der Waals surface area contributed by atoms with Gasteiger partial charge in [0.1, 0.15) is 16.6 Å². The van der Waals surface area contributed by atoms with Gasteiger partial charge < -0.3 is 5.73 Å². The number of nitrogens with zero attached hydrogens (tertiary/aromatic N) is 2. The van der Waals surface area contributed by atoms with Gasteiger partial charge in [0.2, 0.25) is 0 Å². The number of thioether (sulfide) groups is 1. The molecule has 1 aromatic heterocycles. The summed E-state index contributed by atoms with van der Waals surface area (Å²) in [5.74, 6) is -0.550. The van der Waals surface area contributed by atoms with Gasteiger partial charge in [-0.3, -0.25) is 0 Å². The van der Waals surface area contributed by atoms with E-state index in [9.17, 15) is 8.78 Å². The molecule has 3 nitrogen and oxygen atoms in total. The predicted octanol–water partition coefficient (Wildman–Crippen LogP) is 2.92. The Bertz CT molecular complexity index is 545. The minimum Gasteiger partial charge on any atom is -0.323 e. The Labute approximate surface area is 111 Å². The molecule has 2 aromatic rings. The summed E-state index contributed by atoms with van der Waals surface area (Å²) < 4.78 is 27.3. The molecule has 0 spiro atoms. The van der Waals surface area contributed by atoms with Gasteiger partial charge >= 0.3 is 0 Å². The van der Waals surface area contributed by atoms with Crippen molar-refractivity contribution in [2.24, 2.45) is 5.73 Å². The molecule has 0 fully saturated rings. The largest absolute Gasteiger partial charge is 0.323 e. The molecule has 2 N–H and O–H groups in total. The highest BCUT2D eigenvalue weighted by molar-refractivity contribution is 8.01. The second-order valence-electron chi connectivity index (χ2n) is 3.67. The average Bonchev–Trinajstić information content (AvgIpc) is 2.75. The SMILES string of the molecule is Cc1nnc(SCC(N)c2cc(F)ccc2F)s1. The lowest BCUT2D eigenvalue weighted by molar-refractivity contribution is 0.573. The minimum absolute atomic E-state index is 0.184. The molecule has 0 amide bonds. The first kappa shape index (κ1) is 13.4. The van der Waals surface area contributed by atoms with E-state index in [-0.39, 0.29) is 5.56 Å². The van der Waals surface area contributed by atoms with E-state index < -0.39 is 17.7 Å². The molecule has 1 unspecified atom stereocenters. The van der Waals surface area contributed by atoms with E-state index in [1.807, 2.05) is 6.92 Å². The van der Waals surface area contributed by atoms with Crippen molar-refractivity contribution in [1.82, 2.24) is 10.2 Å². The Morgan fingerprint density at radius 1 is 1.39 bits per heavy atom. The lowest BCUT2D eigenvalue weighted by atomic mass is 10.1. The quantitative estimate of drug-likeness (QED) is 0.878. The summed E-state index contributed by atoms with van der Waals surface area (Å²) in [5, 5.41) is 8.67. The van der Waals surface area contributed by atoms with Crippen LogP contribution in [0.25, 0.3) is 0 Å². The molecule has 1 atom stereocenters. The number of hydrogen-bond donors (Lipinski definition) is 1. The molecular formula is C11H11F2N3S2. The molecule has 96 valence electrons. The number of benzene rings is 1. The fourth-order valence-corrected chi connectivity index (χ4v) is 3.20. The first-order valence-corrected chi connectivity index (χ1v) is 7.00. The van der Waals surface area contributed by atoms with Gasteiger partial charge in [0, 0.05) is 17.4 Å². The maximum absolute atomic E-state index is 13.5. The molecule has 1 aromatic carbocycles. The molecule has 0 saturated heterocycles. The van der Waals surface area contributed by atoms with Crippen LogP contribution in [0.4, 0.5) is 8.78 Å². The van der Waals surface area contributed by atoms with Crippen LogP contribution in [0, 0.1) is 18.6 Å². The Kier molecular flexibility index (Phi) is 4.26. The van der Waals surface area contributed by atoms with Crippen molar-refractivity contribution in [2.45, 2.75) is 17.3 Å². The number of nitrogens with two attached hydrogens (primary N) is 1. The van der Waals surface area contributed by atoms with Crippen LogP contribution in [-0.2, 0) is 0 Å². The normalized spacial score (nSPS) is 12.7. The minimum atomic E-state index is -0.574. The van der Waals surface area contributed by atoms with Crippen molar-refractivity contribution in [3.8, 4) is 0 Å². The van der Waals surface area contributed by atoms with Crippen molar-refractivity contribution < 1.29 is 8.78 Å². The molecule has 18 heavy (non-hydrogen) atoms. The smallest absolute Gasteiger partial charge is 0.174 e. The predicted molar refractivity (Wildman–Crippen MR) is 68.7 cm³/mol. The molecule has 0 bridgehead atoms. The highest BCUT2D eigenvalue weighted by Gasteiger charge is 2.14. The number of aromatic nitrogens is 2. The topological polar surface area (TPSA) is 51.8 Å². The van der Waals surface area contributed by atoms with Crippen LogP contribution >= 0.6 is 23.1 Å². The number of aryl methyl sites for hydroxylation is 1. The van der Waals surface area contributed by atoms with Crippen LogP contribution in [0.2, 0.25) is 0 Å². The van der Waals surface area contributed by atoms with Crippen LogP contribution < -0.4 is 5.73 Å². The van der Waals surface area contributed by atoms with E-state index in [0.29, 0.717) is 5.75 Å². The van der Waals surface area contributed by atoms with Gasteiger partial charge in [0.25, 0.3) is 0 Å². The summed E-state index contributed by atoms with van der Waals surface area (Å²) >= 11 is 2.84. The van der Waals surface area contributed by atoms with Gasteiger partial charge in [-0.15, -0.1) is 10.2 Å². The summed E-state index contributed by atoms with van der Waals surface area (Å²) in [4.78, 5) is 0. The van der Waals surface area contributed by atoms with E-state index >= 15 is 0 Å². The van der Waals surface area contributed by atoms with Crippen molar-refractivity contribution >= 4 is 23.1 Å². The van der Waals surface area contributed by atoms with Gasteiger partial charge in [-0.25, -0.2) is 8.78 Å². The molecule has 2 rings (SSSR count). The van der Waals surface area contributed by atoms with E-state index in [4.69, 9.17) is 5.73 Å². The lowest BCUT2D eigenvalue weighted by Gasteiger charge is -2.11. The molecule has 1 heterocycles. The van der Waals surface area contributed by atoms with E-state index in [1.165, 1.54) is 23.1 Å². The Morgan fingerprint density at radius 3 is 2.83 bits per heavy atom. The molecular weight excluding hydrogens is 276 g/mol. The van der Waals surface area contributed by atoms with Crippen molar-refractivity contribution in [1.29, 1.82) is 0 Å². The van der Waals surface area contributed by atoms with Crippen LogP contribution in [0.1, 0.15) is 16.6 Å². The van der Waals surface area contributed by atoms with E-state index in [0.717, 1.165) is 27.5 Å². The molecule has 0 radical (unpaired) electrons. The van der Waals surface area contributed by atoms with Crippen molar-refractivity contribution in [3.63, 3.8) is 0 Å². The zero-order chi connectivity index (χ0) is 13.1. The molecule has 0 saturated carbocycles. The average molecular weight is 287 g/mol. The van der Waals surface area contributed by atoms with E-state index in [2.05, 4.69) is 10.2 Å². The third kappa shape index (κ3) is 3.24. The van der Waals surface area contributed by atoms with Gasteiger partial charge in [-0.2, -0.15) is 0 Å². The molecule has 0 aliphatic rings. The van der Waals surface area contributed by atoms with Gasteiger partial charge in [-0.05, 0) is 25.1 Å². The first-order valence-electron chi connectivity index (χ1n) is 5.19. The van der Waals surface area contributed by atoms with Gasteiger partial charge in [0.05, 0.1) is 0 Å². The summed E-state index contributed by atoms with van der Waals surface area (Å²) in [6, 6.07) is 2.72. The second-order valence-corrected chi connectivity index (χ2v) is 6.12. The van der Waals surface area contributed by atoms with E-state index in [1.54, 1.807) is 0 Å². The number of rotatable bonds is 4. The number of hydrogen-bond acceptors (Lipinski definition) is 5. The van der Waals surface area contributed by atoms with Crippen molar-refractivity contribution in [2.75, 3.05) is 5.75 Å². The fourth-order valence-electron chi connectivity index (χ4n) is 1.39. The maximum Gasteiger partial charge on any atom is 0.174 e. The highest BCUT2D eigenvalue weighted by Crippen LogP contribution is 2.27. The van der Waals surface area contributed by atoms with Crippen LogP contribution in [0.3, 0.4) is 0 Å². The summed E-state index contributed by atoms with van der Waals surface area (Å²) in [5.41, 5.74) is 6.03. The maximum atomic E-state index is 13.5. The second kappa shape index (κ2) is 5.73. The van der Waals surface area contributed by atoms with Crippen LogP contribution in [0.15, 0.2) is 22.5 Å². The monoisotopic (exact) mass is 287 g/mol. The lowest BCUT2D eigenvalue weighted by Crippen LogP contribution is -2.15. The summed E-state index contributed by atoms with van der Waals surface area (Å²) in [6.07, 6.45) is 0. The molecule has 0 aliphatic heterocycles. The molecule has 0 aliphatic carbocycles. The number of halogens is 2. The van der Waals surface area contributed by atoms with Gasteiger partial charge in [-0.1, -0.05) is 23.1 Å². The third-order valence-electron chi connectivity index (χ3n) is 2.25. The van der Waals surface area contributed by atoms with Crippen LogP contribution in [0.5, 0.6) is 0 Å². The summed E-state index contributed by atoms with van der Waals surface area (Å²) in [7, 11) is 0. The van der Waals surface area contributed by atoms with Crippen LogP contribution in [-0.4, -0.2) is 16.0 Å². The standard InChI is InChI=1S/C11H11F2N3S2/c1-6-15-16-11(18-6)17-5-10(14)8-4-7(12)2-3-9(8)13/h2-4,10H,5,14H2,1H3. The zero-order valence-corrected chi connectivity index (χ0v) is 11.2. The third-order valence-corrected chi connectivity index (χ3v) is 4.34. The highest BCUT2D eigenvalue weighted by atomic mass is 32.2. The zero-order valence-electron chi connectivity index (χ0n) is 9.56. The Morgan fingerprint density at radius 2 is 2.17 bits per heavy atom. The van der Waals surface area contributed by atoms with Crippen molar-refractivity contribution in [3.05, 3.63) is 40.4 Å². The van der Waals surface area contributed by atoms with Gasteiger partial charge in [0.15, 0.2) is 4.34 Å². The fraction of sp³-hybridized carbons (Fsp3) is 0.273. The first-order chi connectivity index (χ1) is 8.56.